The molecule has 7 nitrogen and oxygen atoms in total. The minimum atomic E-state index is -1.94. The van der Waals surface area contributed by atoms with Crippen molar-refractivity contribution in [2.24, 2.45) is 11.8 Å². The fourth-order valence-corrected chi connectivity index (χ4v) is 4.00. The SMILES string of the molecule is CNC(=O)O[C@@H]1OC=C(C(=O)OC)[C@H]2CC=C(CO[Si](C)(C)C(C)(C)C)[C@H]12. The van der Waals surface area contributed by atoms with Gasteiger partial charge in [-0.25, -0.2) is 9.59 Å². The summed E-state index contributed by atoms with van der Waals surface area (Å²) >= 11 is 0. The molecule has 0 spiro atoms. The number of esters is 1. The Balaban J connectivity index is 2.21. The third-order valence-corrected chi connectivity index (χ3v) is 10.3. The first kappa shape index (κ1) is 21.5. The summed E-state index contributed by atoms with van der Waals surface area (Å²) in [5.41, 5.74) is 1.45. The minimum absolute atomic E-state index is 0.0870. The van der Waals surface area contributed by atoms with E-state index in [4.69, 9.17) is 18.6 Å². The average molecular weight is 398 g/mol. The number of carbonyl (C=O) groups excluding carboxylic acids is 2. The Hall–Kier alpha value is -1.80. The van der Waals surface area contributed by atoms with Crippen LogP contribution in [0.25, 0.3) is 0 Å². The van der Waals surface area contributed by atoms with Gasteiger partial charge in [-0.15, -0.1) is 0 Å². The minimum Gasteiger partial charge on any atom is -0.466 e. The molecule has 27 heavy (non-hydrogen) atoms. The molecule has 8 heteroatoms. The van der Waals surface area contributed by atoms with E-state index in [0.29, 0.717) is 18.6 Å². The van der Waals surface area contributed by atoms with E-state index in [1.165, 1.54) is 20.4 Å². The number of nitrogens with one attached hydrogen (secondary N) is 1. The number of hydrogen-bond acceptors (Lipinski definition) is 6. The second-order valence-electron chi connectivity index (χ2n) is 8.42. The lowest BCUT2D eigenvalue weighted by Gasteiger charge is -2.38. The van der Waals surface area contributed by atoms with Crippen LogP contribution in [-0.2, 0) is 23.4 Å². The lowest BCUT2D eigenvalue weighted by molar-refractivity contribution is -0.141. The molecule has 0 aromatic rings. The predicted octanol–water partition coefficient (Wildman–Crippen LogP) is 3.34. The van der Waals surface area contributed by atoms with Crippen LogP contribution >= 0.6 is 0 Å². The quantitative estimate of drug-likeness (QED) is 0.435. The second kappa shape index (κ2) is 8.06. The highest BCUT2D eigenvalue weighted by Crippen LogP contribution is 2.45. The first-order chi connectivity index (χ1) is 12.5. The van der Waals surface area contributed by atoms with Crippen molar-refractivity contribution in [2.75, 3.05) is 20.8 Å². The molecule has 1 aliphatic carbocycles. The van der Waals surface area contributed by atoms with Crippen LogP contribution in [0.2, 0.25) is 18.1 Å². The van der Waals surface area contributed by atoms with Gasteiger partial charge in [-0.1, -0.05) is 26.8 Å². The van der Waals surface area contributed by atoms with Gasteiger partial charge in [0.25, 0.3) is 6.29 Å². The number of methoxy groups -OCH3 is 1. The Kier molecular flexibility index (Phi) is 6.42. The normalized spacial score (nSPS) is 24.9. The van der Waals surface area contributed by atoms with E-state index < -0.39 is 26.7 Å². The monoisotopic (exact) mass is 397 g/mol. The van der Waals surface area contributed by atoms with Gasteiger partial charge in [0.15, 0.2) is 8.32 Å². The number of ether oxygens (including phenoxy) is 3. The van der Waals surface area contributed by atoms with Gasteiger partial charge in [-0.05, 0) is 30.1 Å². The zero-order valence-electron chi connectivity index (χ0n) is 17.3. The molecule has 1 amide bonds. The highest BCUT2D eigenvalue weighted by molar-refractivity contribution is 6.74. The largest absolute Gasteiger partial charge is 0.466 e. The maximum absolute atomic E-state index is 12.1. The van der Waals surface area contributed by atoms with Gasteiger partial charge >= 0.3 is 12.1 Å². The summed E-state index contributed by atoms with van der Waals surface area (Å²) < 4.78 is 22.2. The van der Waals surface area contributed by atoms with Crippen molar-refractivity contribution in [1.82, 2.24) is 5.32 Å². The standard InChI is InChI=1S/C19H31NO6Si/c1-19(2,3)27(6,7)25-10-12-8-9-13-14(16(21)23-5)11-24-17(15(12)13)26-18(22)20-4/h8,11,13,15,17H,9-10H2,1-7H3,(H,20,22)/t13-,15+,17+/m1/s1. The van der Waals surface area contributed by atoms with Crippen LogP contribution in [0.5, 0.6) is 0 Å². The number of allylic oxidation sites excluding steroid dienone is 1. The van der Waals surface area contributed by atoms with Gasteiger partial charge in [0, 0.05) is 13.0 Å². The fraction of sp³-hybridized carbons (Fsp3) is 0.684. The molecular formula is C19H31NO6Si. The van der Waals surface area contributed by atoms with Crippen LogP contribution in [0.3, 0.4) is 0 Å². The van der Waals surface area contributed by atoms with E-state index in [0.717, 1.165) is 5.57 Å². The summed E-state index contributed by atoms with van der Waals surface area (Å²) in [6.45, 7) is 11.4. The van der Waals surface area contributed by atoms with E-state index in [-0.39, 0.29) is 16.9 Å². The molecule has 0 radical (unpaired) electrons. The van der Waals surface area contributed by atoms with Crippen molar-refractivity contribution >= 4 is 20.4 Å². The molecular weight excluding hydrogens is 366 g/mol. The van der Waals surface area contributed by atoms with Gasteiger partial charge in [-0.3, -0.25) is 0 Å². The van der Waals surface area contributed by atoms with Crippen LogP contribution in [0, 0.1) is 11.8 Å². The van der Waals surface area contributed by atoms with E-state index >= 15 is 0 Å². The molecule has 0 aromatic heterocycles. The topological polar surface area (TPSA) is 83.1 Å². The summed E-state index contributed by atoms with van der Waals surface area (Å²) in [4.78, 5) is 23.8. The summed E-state index contributed by atoms with van der Waals surface area (Å²) in [5.74, 6) is -0.853. The van der Waals surface area contributed by atoms with E-state index in [1.54, 1.807) is 0 Å². The van der Waals surface area contributed by atoms with Crippen molar-refractivity contribution in [3.63, 3.8) is 0 Å². The lowest BCUT2D eigenvalue weighted by Crippen LogP contribution is -2.43. The molecule has 152 valence electrons. The van der Waals surface area contributed by atoms with Gasteiger partial charge in [0.05, 0.1) is 31.5 Å². The zero-order valence-corrected chi connectivity index (χ0v) is 18.3. The third-order valence-electron chi connectivity index (χ3n) is 5.77. The Morgan fingerprint density at radius 1 is 1.33 bits per heavy atom. The maximum atomic E-state index is 12.1. The Morgan fingerprint density at radius 3 is 2.56 bits per heavy atom. The molecule has 3 atom stereocenters. The van der Waals surface area contributed by atoms with E-state index in [2.05, 4.69) is 45.3 Å². The number of rotatable bonds is 5. The molecule has 1 N–H and O–H groups in total. The Morgan fingerprint density at radius 2 is 2.00 bits per heavy atom. The van der Waals surface area contributed by atoms with Crippen molar-refractivity contribution in [2.45, 2.75) is 51.6 Å². The smallest absolute Gasteiger partial charge is 0.409 e. The van der Waals surface area contributed by atoms with Crippen LogP contribution < -0.4 is 5.32 Å². The second-order valence-corrected chi connectivity index (χ2v) is 13.2. The molecule has 0 saturated carbocycles. The number of carbonyl (C=O) groups is 2. The summed E-state index contributed by atoms with van der Waals surface area (Å²) in [6.07, 6.45) is 2.68. The molecule has 0 unspecified atom stereocenters. The first-order valence-electron chi connectivity index (χ1n) is 9.17. The molecule has 1 aliphatic heterocycles. The van der Waals surface area contributed by atoms with Gasteiger partial charge in [-0.2, -0.15) is 0 Å². The number of fused-ring (bicyclic) bond motifs is 1. The molecule has 1 heterocycles. The summed E-state index contributed by atoms with van der Waals surface area (Å²) in [5, 5.41) is 2.52. The fourth-order valence-electron chi connectivity index (χ4n) is 3.03. The van der Waals surface area contributed by atoms with Crippen molar-refractivity contribution < 1.29 is 28.2 Å². The van der Waals surface area contributed by atoms with Crippen LogP contribution in [0.4, 0.5) is 4.79 Å². The highest BCUT2D eigenvalue weighted by atomic mass is 28.4. The van der Waals surface area contributed by atoms with E-state index in [1.807, 2.05) is 0 Å². The highest BCUT2D eigenvalue weighted by Gasteiger charge is 2.47. The van der Waals surface area contributed by atoms with Crippen molar-refractivity contribution in [1.29, 1.82) is 0 Å². The molecule has 2 rings (SSSR count). The number of alkyl carbamates (subject to hydrolysis) is 1. The van der Waals surface area contributed by atoms with Crippen molar-refractivity contribution in [3.8, 4) is 0 Å². The van der Waals surface area contributed by atoms with Gasteiger partial charge < -0.3 is 24.0 Å². The molecule has 0 saturated heterocycles. The first-order valence-corrected chi connectivity index (χ1v) is 12.1. The molecule has 0 aromatic carbocycles. The Bertz CT molecular complexity index is 649. The summed E-state index contributed by atoms with van der Waals surface area (Å²) in [7, 11) is 0.889. The van der Waals surface area contributed by atoms with E-state index in [9.17, 15) is 9.59 Å². The van der Waals surface area contributed by atoms with Crippen LogP contribution in [-0.4, -0.2) is 47.4 Å². The average Bonchev–Trinajstić information content (AvgIpc) is 3.03. The van der Waals surface area contributed by atoms with Crippen LogP contribution in [0.1, 0.15) is 27.2 Å². The maximum Gasteiger partial charge on any atom is 0.409 e. The zero-order chi connectivity index (χ0) is 20.4. The molecule has 2 aliphatic rings. The summed E-state index contributed by atoms with van der Waals surface area (Å²) in [6, 6.07) is 0. The van der Waals surface area contributed by atoms with Crippen molar-refractivity contribution in [3.05, 3.63) is 23.5 Å². The van der Waals surface area contributed by atoms with Crippen LogP contribution in [0.15, 0.2) is 23.5 Å². The lowest BCUT2D eigenvalue weighted by atomic mass is 9.83. The number of amides is 1. The predicted molar refractivity (Wildman–Crippen MR) is 103 cm³/mol. The third kappa shape index (κ3) is 4.55. The molecule has 0 bridgehead atoms. The van der Waals surface area contributed by atoms with Gasteiger partial charge in [0.1, 0.15) is 0 Å². The number of hydrogen-bond donors (Lipinski definition) is 1. The van der Waals surface area contributed by atoms with Gasteiger partial charge in [0.2, 0.25) is 0 Å². The molecule has 0 fully saturated rings. The Labute approximate surface area is 162 Å².